The smallest absolute Gasteiger partial charge is 0.150 e. The van der Waals surface area contributed by atoms with E-state index in [0.29, 0.717) is 16.5 Å². The third-order valence-electron chi connectivity index (χ3n) is 1.63. The number of thioether (sulfide) groups is 1. The van der Waals surface area contributed by atoms with Crippen LogP contribution in [0.3, 0.4) is 0 Å². The topological polar surface area (TPSA) is 56.0 Å². The molecule has 1 atom stereocenters. The van der Waals surface area contributed by atoms with Gasteiger partial charge in [-0.2, -0.15) is 11.8 Å². The van der Waals surface area contributed by atoms with Gasteiger partial charge in [0.15, 0.2) is 0 Å². The number of nitrogens with zero attached hydrogens (tertiary/aromatic N) is 1. The summed E-state index contributed by atoms with van der Waals surface area (Å²) in [5, 5.41) is 0.518. The van der Waals surface area contributed by atoms with Gasteiger partial charge in [-0.25, -0.2) is 4.98 Å². The van der Waals surface area contributed by atoms with Gasteiger partial charge in [-0.05, 0) is 17.9 Å². The lowest BCUT2D eigenvalue weighted by molar-refractivity contribution is 0.681. The van der Waals surface area contributed by atoms with E-state index in [1.54, 1.807) is 30.1 Å². The molecule has 78 valence electrons. The van der Waals surface area contributed by atoms with Crippen LogP contribution in [-0.2, 0) is 10.8 Å². The summed E-state index contributed by atoms with van der Waals surface area (Å²) in [5.41, 5.74) is 6.18. The van der Waals surface area contributed by atoms with E-state index >= 15 is 0 Å². The summed E-state index contributed by atoms with van der Waals surface area (Å²) in [6, 6.07) is 3.48. The van der Waals surface area contributed by atoms with Crippen LogP contribution in [0.15, 0.2) is 23.4 Å². The summed E-state index contributed by atoms with van der Waals surface area (Å²) in [7, 11) is -1.05. The van der Waals surface area contributed by atoms with Crippen LogP contribution in [0.4, 0.5) is 5.69 Å². The number of hydrogen-bond donors (Lipinski definition) is 1. The molecule has 0 aliphatic rings. The van der Waals surface area contributed by atoms with Crippen LogP contribution in [0.1, 0.15) is 6.92 Å². The third kappa shape index (κ3) is 3.31. The zero-order valence-corrected chi connectivity index (χ0v) is 9.74. The monoisotopic (exact) mass is 230 g/mol. The van der Waals surface area contributed by atoms with Crippen molar-refractivity contribution in [3.63, 3.8) is 0 Å². The Morgan fingerprint density at radius 2 is 2.43 bits per heavy atom. The van der Waals surface area contributed by atoms with E-state index in [9.17, 15) is 4.21 Å². The minimum absolute atomic E-state index is 0.518. The highest BCUT2D eigenvalue weighted by Gasteiger charge is 2.07. The van der Waals surface area contributed by atoms with Gasteiger partial charge in [0.05, 0.1) is 16.5 Å². The maximum Gasteiger partial charge on any atom is 0.150 e. The van der Waals surface area contributed by atoms with Crippen molar-refractivity contribution < 1.29 is 4.21 Å². The molecule has 0 radical (unpaired) electrons. The average molecular weight is 230 g/mol. The predicted octanol–water partition coefficient (Wildman–Crippen LogP) is 1.52. The molecule has 1 rings (SSSR count). The van der Waals surface area contributed by atoms with E-state index in [0.717, 1.165) is 11.5 Å². The molecule has 14 heavy (non-hydrogen) atoms. The maximum atomic E-state index is 11.7. The molecule has 2 N–H and O–H groups in total. The summed E-state index contributed by atoms with van der Waals surface area (Å²) < 4.78 is 11.7. The fraction of sp³-hybridized carbons (Fsp3) is 0.444. The highest BCUT2D eigenvalue weighted by atomic mass is 32.2. The summed E-state index contributed by atoms with van der Waals surface area (Å²) in [6.07, 6.45) is 1.62. The third-order valence-corrected chi connectivity index (χ3v) is 4.14. The van der Waals surface area contributed by atoms with Crippen molar-refractivity contribution in [2.24, 2.45) is 0 Å². The van der Waals surface area contributed by atoms with E-state index in [4.69, 9.17) is 5.73 Å². The number of rotatable bonds is 5. The van der Waals surface area contributed by atoms with Gasteiger partial charge in [0.1, 0.15) is 5.03 Å². The number of pyridine rings is 1. The summed E-state index contributed by atoms with van der Waals surface area (Å²) in [5.74, 6) is 2.56. The largest absolute Gasteiger partial charge is 0.396 e. The molecule has 0 aliphatic carbocycles. The first-order valence-corrected chi connectivity index (χ1v) is 6.89. The number of nitrogens with two attached hydrogens (primary N) is 1. The lowest BCUT2D eigenvalue weighted by Crippen LogP contribution is -2.06. The number of aromatic nitrogens is 1. The van der Waals surface area contributed by atoms with Gasteiger partial charge in [0.2, 0.25) is 0 Å². The van der Waals surface area contributed by atoms with Crippen molar-refractivity contribution in [3.05, 3.63) is 18.3 Å². The molecule has 0 amide bonds. The second-order valence-electron chi connectivity index (χ2n) is 2.64. The van der Waals surface area contributed by atoms with Gasteiger partial charge in [-0.15, -0.1) is 0 Å². The molecule has 0 spiro atoms. The van der Waals surface area contributed by atoms with E-state index in [1.165, 1.54) is 0 Å². The van der Waals surface area contributed by atoms with Crippen molar-refractivity contribution in [1.29, 1.82) is 0 Å². The SMILES string of the molecule is CCSCCS(=O)c1ncccc1N. The fourth-order valence-corrected chi connectivity index (χ4v) is 3.04. The highest BCUT2D eigenvalue weighted by Crippen LogP contribution is 2.13. The Hall–Kier alpha value is -0.550. The maximum absolute atomic E-state index is 11.7. The van der Waals surface area contributed by atoms with E-state index < -0.39 is 10.8 Å². The normalized spacial score (nSPS) is 12.6. The highest BCUT2D eigenvalue weighted by molar-refractivity contribution is 8.00. The second kappa shape index (κ2) is 6.03. The molecular weight excluding hydrogens is 216 g/mol. The Labute approximate surface area is 90.9 Å². The molecule has 1 aromatic rings. The predicted molar refractivity (Wildman–Crippen MR) is 62.9 cm³/mol. The molecule has 1 aromatic heterocycles. The Bertz CT molecular complexity index is 317. The van der Waals surface area contributed by atoms with Crippen LogP contribution < -0.4 is 5.73 Å². The second-order valence-corrected chi connectivity index (χ2v) is 5.52. The van der Waals surface area contributed by atoms with E-state index in [2.05, 4.69) is 11.9 Å². The van der Waals surface area contributed by atoms with Gasteiger partial charge in [-0.3, -0.25) is 4.21 Å². The summed E-state index contributed by atoms with van der Waals surface area (Å²) in [6.45, 7) is 2.09. The molecule has 0 saturated carbocycles. The van der Waals surface area contributed by atoms with Gasteiger partial charge < -0.3 is 5.73 Å². The molecule has 3 nitrogen and oxygen atoms in total. The van der Waals surface area contributed by atoms with Crippen LogP contribution in [0.5, 0.6) is 0 Å². The molecule has 0 aliphatic heterocycles. The van der Waals surface area contributed by atoms with Crippen molar-refractivity contribution >= 4 is 28.2 Å². The van der Waals surface area contributed by atoms with Gasteiger partial charge in [0.25, 0.3) is 0 Å². The molecule has 0 aromatic carbocycles. The molecule has 0 saturated heterocycles. The first kappa shape index (κ1) is 11.5. The zero-order valence-electron chi connectivity index (χ0n) is 8.10. The molecule has 1 unspecified atom stereocenters. The van der Waals surface area contributed by atoms with Crippen molar-refractivity contribution in [3.8, 4) is 0 Å². The van der Waals surface area contributed by atoms with Crippen LogP contribution in [0, 0.1) is 0 Å². The molecular formula is C9H14N2OS2. The Kier molecular flexibility index (Phi) is 4.97. The van der Waals surface area contributed by atoms with Crippen molar-refractivity contribution in [2.75, 3.05) is 23.0 Å². The molecule has 0 fully saturated rings. The number of anilines is 1. The summed E-state index contributed by atoms with van der Waals surface area (Å²) >= 11 is 1.78. The Morgan fingerprint density at radius 3 is 3.07 bits per heavy atom. The summed E-state index contributed by atoms with van der Waals surface area (Å²) in [4.78, 5) is 4.02. The molecule has 0 bridgehead atoms. The Balaban J connectivity index is 2.56. The van der Waals surface area contributed by atoms with Gasteiger partial charge in [0, 0.05) is 17.7 Å². The first-order valence-electron chi connectivity index (χ1n) is 4.42. The minimum atomic E-state index is -1.05. The van der Waals surface area contributed by atoms with E-state index in [-0.39, 0.29) is 0 Å². The number of hydrogen-bond acceptors (Lipinski definition) is 4. The average Bonchev–Trinajstić information content (AvgIpc) is 2.18. The quantitative estimate of drug-likeness (QED) is 0.779. The Morgan fingerprint density at radius 1 is 1.64 bits per heavy atom. The van der Waals surface area contributed by atoms with Gasteiger partial charge in [-0.1, -0.05) is 6.92 Å². The van der Waals surface area contributed by atoms with E-state index in [1.807, 2.05) is 0 Å². The lowest BCUT2D eigenvalue weighted by Gasteiger charge is -2.03. The standard InChI is InChI=1S/C9H14N2OS2/c1-2-13-6-7-14(12)9-8(10)4-3-5-11-9/h3-5H,2,6-7,10H2,1H3. The lowest BCUT2D eigenvalue weighted by atomic mass is 10.4. The zero-order chi connectivity index (χ0) is 10.4. The van der Waals surface area contributed by atoms with Crippen LogP contribution in [-0.4, -0.2) is 26.5 Å². The van der Waals surface area contributed by atoms with Crippen molar-refractivity contribution in [2.45, 2.75) is 11.9 Å². The van der Waals surface area contributed by atoms with Crippen LogP contribution >= 0.6 is 11.8 Å². The van der Waals surface area contributed by atoms with Crippen LogP contribution in [0.25, 0.3) is 0 Å². The van der Waals surface area contributed by atoms with Crippen molar-refractivity contribution in [1.82, 2.24) is 4.98 Å². The molecule has 1 heterocycles. The van der Waals surface area contributed by atoms with Gasteiger partial charge >= 0.3 is 0 Å². The minimum Gasteiger partial charge on any atom is -0.396 e. The fourth-order valence-electron chi connectivity index (χ4n) is 0.969. The number of nitrogen functional groups attached to an aromatic ring is 1. The van der Waals surface area contributed by atoms with Crippen LogP contribution in [0.2, 0.25) is 0 Å². The first-order chi connectivity index (χ1) is 6.75. The molecule has 5 heteroatoms.